The van der Waals surface area contributed by atoms with E-state index in [4.69, 9.17) is 4.55 Å². The summed E-state index contributed by atoms with van der Waals surface area (Å²) in [5.41, 5.74) is -12.3. The lowest BCUT2D eigenvalue weighted by atomic mass is 10.1. The first-order valence-electron chi connectivity index (χ1n) is 7.80. The molecule has 0 aliphatic rings. The van der Waals surface area contributed by atoms with Crippen molar-refractivity contribution in [3.05, 3.63) is 18.2 Å². The third-order valence-corrected chi connectivity index (χ3v) is 4.71. The highest BCUT2D eigenvalue weighted by atomic mass is 32.2. The molecule has 0 unspecified atom stereocenters. The molecule has 0 bridgehead atoms. The van der Waals surface area contributed by atoms with E-state index < -0.39 is 75.8 Å². The van der Waals surface area contributed by atoms with E-state index in [9.17, 15) is 69.9 Å². The zero-order valence-corrected chi connectivity index (χ0v) is 16.2. The molecule has 0 saturated heterocycles. The first-order valence-corrected chi connectivity index (χ1v) is 9.24. The molecule has 0 spiro atoms. The second-order valence-electron chi connectivity index (χ2n) is 6.25. The molecule has 0 aliphatic heterocycles. The summed E-state index contributed by atoms with van der Waals surface area (Å²) in [6.45, 7) is -6.12. The second-order valence-corrected chi connectivity index (χ2v) is 7.68. The molecular formula is C14H8F14O5S. The molecule has 0 radical (unpaired) electrons. The van der Waals surface area contributed by atoms with Gasteiger partial charge in [0.15, 0.2) is 11.5 Å². The molecule has 1 aromatic carbocycles. The van der Waals surface area contributed by atoms with E-state index in [-0.39, 0.29) is 18.2 Å². The fourth-order valence-electron chi connectivity index (χ4n) is 1.88. The summed E-state index contributed by atoms with van der Waals surface area (Å²) in [6, 6.07) is -0.0968. The van der Waals surface area contributed by atoms with Crippen LogP contribution >= 0.6 is 0 Å². The van der Waals surface area contributed by atoms with Crippen LogP contribution in [-0.4, -0.2) is 62.2 Å². The van der Waals surface area contributed by atoms with Crippen molar-refractivity contribution < 1.29 is 83.9 Å². The highest BCUT2D eigenvalue weighted by molar-refractivity contribution is 7.85. The Kier molecular flexibility index (Phi) is 7.67. The van der Waals surface area contributed by atoms with E-state index in [1.165, 1.54) is 0 Å². The predicted molar refractivity (Wildman–Crippen MR) is 79.1 cm³/mol. The van der Waals surface area contributed by atoms with Crippen molar-refractivity contribution in [1.29, 1.82) is 0 Å². The molecule has 0 aromatic heterocycles. The van der Waals surface area contributed by atoms with E-state index in [1.807, 2.05) is 0 Å². The Hall–Kier alpha value is -2.25. The lowest BCUT2D eigenvalue weighted by molar-refractivity contribution is -0.348. The van der Waals surface area contributed by atoms with Gasteiger partial charge in [-0.15, -0.1) is 0 Å². The topological polar surface area (TPSA) is 72.8 Å². The van der Waals surface area contributed by atoms with Gasteiger partial charge in [-0.3, -0.25) is 4.55 Å². The minimum atomic E-state index is -6.73. The van der Waals surface area contributed by atoms with Crippen molar-refractivity contribution in [2.45, 2.75) is 40.9 Å². The van der Waals surface area contributed by atoms with Crippen molar-refractivity contribution in [2.24, 2.45) is 0 Å². The summed E-state index contributed by atoms with van der Waals surface area (Å²) in [5, 5.41) is 0. The van der Waals surface area contributed by atoms with Gasteiger partial charge in [0, 0.05) is 6.07 Å². The molecule has 0 amide bonds. The maximum Gasteiger partial charge on any atom is 0.435 e. The van der Waals surface area contributed by atoms with Crippen LogP contribution in [0.15, 0.2) is 23.1 Å². The van der Waals surface area contributed by atoms with Crippen molar-refractivity contribution in [3.63, 3.8) is 0 Å². The van der Waals surface area contributed by atoms with Crippen molar-refractivity contribution in [1.82, 2.24) is 0 Å². The van der Waals surface area contributed by atoms with Crippen LogP contribution in [0.5, 0.6) is 11.5 Å². The number of halogens is 14. The highest BCUT2D eigenvalue weighted by Gasteiger charge is 2.74. The Balaban J connectivity index is 3.49. The summed E-state index contributed by atoms with van der Waals surface area (Å²) in [6.07, 6.45) is -26.8. The minimum Gasteiger partial charge on any atom is -0.486 e. The Morgan fingerprint density at radius 2 is 0.941 bits per heavy atom. The van der Waals surface area contributed by atoms with Gasteiger partial charge in [-0.2, -0.15) is 61.1 Å². The SMILES string of the molecule is O=S(=O)(O)c1ccc(OCC(F)(C(F)(F)F)C(F)(F)F)c(OCC(F)(C(F)(F)F)C(F)(F)F)c1. The summed E-state index contributed by atoms with van der Waals surface area (Å²) >= 11 is 0. The molecule has 34 heavy (non-hydrogen) atoms. The summed E-state index contributed by atoms with van der Waals surface area (Å²) < 4.78 is 217. The molecule has 20 heteroatoms. The Bertz CT molecular complexity index is 948. The lowest BCUT2D eigenvalue weighted by Gasteiger charge is -2.31. The minimum absolute atomic E-state index is 0.00725. The average Bonchev–Trinajstić information content (AvgIpc) is 2.59. The van der Waals surface area contributed by atoms with Gasteiger partial charge in [0.2, 0.25) is 0 Å². The summed E-state index contributed by atoms with van der Waals surface area (Å²) in [7, 11) is -5.35. The zero-order valence-electron chi connectivity index (χ0n) is 15.4. The van der Waals surface area contributed by atoms with Crippen molar-refractivity contribution in [3.8, 4) is 11.5 Å². The quantitative estimate of drug-likeness (QED) is 0.363. The molecule has 0 heterocycles. The number of alkyl halides is 14. The van der Waals surface area contributed by atoms with Crippen molar-refractivity contribution in [2.75, 3.05) is 13.2 Å². The number of ether oxygens (including phenoxy) is 2. The normalized spacial score (nSPS) is 14.8. The molecular weight excluding hydrogens is 546 g/mol. The van der Waals surface area contributed by atoms with Crippen LogP contribution in [0.25, 0.3) is 0 Å². The van der Waals surface area contributed by atoms with Gasteiger partial charge < -0.3 is 9.47 Å². The number of hydrogen-bond donors (Lipinski definition) is 1. The van der Waals surface area contributed by atoms with Crippen LogP contribution in [0.4, 0.5) is 61.5 Å². The zero-order chi connectivity index (χ0) is 27.2. The first-order chi connectivity index (χ1) is 14.8. The van der Waals surface area contributed by atoms with E-state index in [1.54, 1.807) is 0 Å². The molecule has 1 aromatic rings. The van der Waals surface area contributed by atoms with Gasteiger partial charge in [0.05, 0.1) is 4.90 Å². The van der Waals surface area contributed by atoms with Gasteiger partial charge in [0.25, 0.3) is 10.1 Å². The molecule has 0 saturated carbocycles. The summed E-state index contributed by atoms with van der Waals surface area (Å²) in [4.78, 5) is -1.43. The monoisotopic (exact) mass is 554 g/mol. The molecule has 1 rings (SSSR count). The third-order valence-electron chi connectivity index (χ3n) is 3.86. The Morgan fingerprint density at radius 3 is 1.24 bits per heavy atom. The average molecular weight is 554 g/mol. The standard InChI is InChI=1S/C14H8F14O5S/c15-9(11(17,18)19,12(20,21)22)4-32-7-2-1-6(34(29,30)31)3-8(7)33-5-10(16,13(23,24)25)14(26,27)28/h1-3H,4-5H2,(H,29,30,31). The fraction of sp³-hybridized carbons (Fsp3) is 0.571. The van der Waals surface area contributed by atoms with E-state index >= 15 is 0 Å². The van der Waals surface area contributed by atoms with Crippen LogP contribution < -0.4 is 9.47 Å². The third kappa shape index (κ3) is 5.87. The molecule has 0 fully saturated rings. The Morgan fingerprint density at radius 1 is 0.618 bits per heavy atom. The first kappa shape index (κ1) is 29.8. The van der Waals surface area contributed by atoms with Crippen LogP contribution in [0.2, 0.25) is 0 Å². The number of rotatable bonds is 7. The molecule has 1 N–H and O–H groups in total. The molecule has 0 aliphatic carbocycles. The van der Waals surface area contributed by atoms with Crippen LogP contribution in [0, 0.1) is 0 Å². The maximum atomic E-state index is 13.7. The van der Waals surface area contributed by atoms with E-state index in [2.05, 4.69) is 9.47 Å². The van der Waals surface area contributed by atoms with Crippen LogP contribution in [0.3, 0.4) is 0 Å². The highest BCUT2D eigenvalue weighted by Crippen LogP contribution is 2.48. The Labute approximate surface area is 179 Å². The predicted octanol–water partition coefficient (Wildman–Crippen LogP) is 5.36. The molecule has 5 nitrogen and oxygen atoms in total. The van der Waals surface area contributed by atoms with Crippen LogP contribution in [-0.2, 0) is 10.1 Å². The number of hydrogen-bond acceptors (Lipinski definition) is 4. The molecule has 198 valence electrons. The molecule has 0 atom stereocenters. The van der Waals surface area contributed by atoms with Gasteiger partial charge >= 0.3 is 36.0 Å². The fourth-order valence-corrected chi connectivity index (χ4v) is 2.38. The summed E-state index contributed by atoms with van der Waals surface area (Å²) in [5.74, 6) is -3.49. The van der Waals surface area contributed by atoms with E-state index in [0.717, 1.165) is 0 Å². The second kappa shape index (κ2) is 8.76. The van der Waals surface area contributed by atoms with Gasteiger partial charge in [-0.25, -0.2) is 8.78 Å². The van der Waals surface area contributed by atoms with Crippen LogP contribution in [0.1, 0.15) is 0 Å². The van der Waals surface area contributed by atoms with Gasteiger partial charge in [0.1, 0.15) is 13.2 Å². The van der Waals surface area contributed by atoms with Gasteiger partial charge in [-0.05, 0) is 12.1 Å². The smallest absolute Gasteiger partial charge is 0.435 e. The largest absolute Gasteiger partial charge is 0.486 e. The van der Waals surface area contributed by atoms with Gasteiger partial charge in [-0.1, -0.05) is 0 Å². The lowest BCUT2D eigenvalue weighted by Crippen LogP contribution is -2.57. The maximum absolute atomic E-state index is 13.7. The number of benzene rings is 1. The van der Waals surface area contributed by atoms with Crippen molar-refractivity contribution >= 4 is 10.1 Å². The van der Waals surface area contributed by atoms with E-state index in [0.29, 0.717) is 0 Å².